The van der Waals surface area contributed by atoms with Crippen molar-refractivity contribution in [2.24, 2.45) is 5.84 Å². The number of hydrogen-bond acceptors (Lipinski definition) is 5. The lowest BCUT2D eigenvalue weighted by Crippen LogP contribution is -2.30. The third kappa shape index (κ3) is 2.98. The fourth-order valence-corrected chi connectivity index (χ4v) is 1.82. The van der Waals surface area contributed by atoms with Gasteiger partial charge in [-0.1, -0.05) is 11.6 Å². The molecule has 1 aromatic heterocycles. The van der Waals surface area contributed by atoms with Crippen LogP contribution in [0.15, 0.2) is 34.9 Å². The molecule has 0 aliphatic heterocycles. The van der Waals surface area contributed by atoms with Crippen LogP contribution in [0.4, 0.5) is 0 Å². The highest BCUT2D eigenvalue weighted by molar-refractivity contribution is 6.32. The monoisotopic (exact) mass is 294 g/mol. The molecule has 1 heterocycles. The molecule has 2 rings (SSSR count). The van der Waals surface area contributed by atoms with E-state index < -0.39 is 5.91 Å². The van der Waals surface area contributed by atoms with Crippen molar-refractivity contribution in [1.82, 2.24) is 5.43 Å². The van der Waals surface area contributed by atoms with Gasteiger partial charge in [0.15, 0.2) is 5.76 Å². The van der Waals surface area contributed by atoms with Crippen molar-refractivity contribution in [3.8, 4) is 5.75 Å². The summed E-state index contributed by atoms with van der Waals surface area (Å²) in [5.74, 6) is 4.97. The lowest BCUT2D eigenvalue weighted by molar-refractivity contribution is 0.0922. The minimum atomic E-state index is -0.545. The smallest absolute Gasteiger partial charge is 0.301 e. The first-order valence-electron chi connectivity index (χ1n) is 5.60. The second-order valence-electron chi connectivity index (χ2n) is 3.84. The van der Waals surface area contributed by atoms with Gasteiger partial charge >= 0.3 is 5.91 Å². The number of nitrogen functional groups attached to an aromatic ring is 1. The van der Waals surface area contributed by atoms with Crippen molar-refractivity contribution >= 4 is 23.8 Å². The van der Waals surface area contributed by atoms with Crippen molar-refractivity contribution in [2.75, 3.05) is 0 Å². The van der Waals surface area contributed by atoms with Crippen LogP contribution in [0, 0.1) is 0 Å². The molecule has 3 N–H and O–H groups in total. The number of halogens is 1. The number of carbonyl (C=O) groups is 2. The standard InChI is InChI=1S/C13H11ClN2O4/c14-10-5-8(6-17)1-2-11(10)20-7-9-3-4-19-12(9)13(18)16-15/h1-6H,7,15H2,(H,16,18). The van der Waals surface area contributed by atoms with Crippen molar-refractivity contribution in [3.63, 3.8) is 0 Å². The van der Waals surface area contributed by atoms with Crippen LogP contribution in [-0.2, 0) is 6.61 Å². The molecule has 1 amide bonds. The molecule has 0 saturated carbocycles. The van der Waals surface area contributed by atoms with E-state index in [0.717, 1.165) is 0 Å². The van der Waals surface area contributed by atoms with Gasteiger partial charge in [0.1, 0.15) is 18.6 Å². The van der Waals surface area contributed by atoms with E-state index in [1.165, 1.54) is 12.3 Å². The summed E-state index contributed by atoms with van der Waals surface area (Å²) in [6.07, 6.45) is 2.05. The Morgan fingerprint density at radius 3 is 2.90 bits per heavy atom. The maximum Gasteiger partial charge on any atom is 0.301 e. The van der Waals surface area contributed by atoms with E-state index in [1.54, 1.807) is 18.2 Å². The molecular weight excluding hydrogens is 284 g/mol. The highest BCUT2D eigenvalue weighted by atomic mass is 35.5. The second kappa shape index (κ2) is 6.23. The number of benzene rings is 1. The van der Waals surface area contributed by atoms with Gasteiger partial charge in [-0.25, -0.2) is 5.84 Å². The summed E-state index contributed by atoms with van der Waals surface area (Å²) in [4.78, 5) is 22.0. The van der Waals surface area contributed by atoms with E-state index in [4.69, 9.17) is 26.6 Å². The Labute approximate surface area is 119 Å². The van der Waals surface area contributed by atoms with Gasteiger partial charge in [-0.15, -0.1) is 0 Å². The number of hydrazine groups is 1. The Balaban J connectivity index is 2.11. The molecule has 1 aromatic carbocycles. The topological polar surface area (TPSA) is 94.6 Å². The number of nitrogens with one attached hydrogen (secondary N) is 1. The SMILES string of the molecule is NNC(=O)c1occc1COc1ccc(C=O)cc1Cl. The van der Waals surface area contributed by atoms with Gasteiger partial charge in [0.05, 0.1) is 11.3 Å². The highest BCUT2D eigenvalue weighted by Gasteiger charge is 2.15. The number of hydrogen-bond donors (Lipinski definition) is 2. The van der Waals surface area contributed by atoms with Crippen LogP contribution < -0.4 is 16.0 Å². The number of rotatable bonds is 5. The van der Waals surface area contributed by atoms with Gasteiger partial charge in [0.2, 0.25) is 0 Å². The van der Waals surface area contributed by atoms with Crippen LogP contribution in [0.25, 0.3) is 0 Å². The van der Waals surface area contributed by atoms with E-state index in [-0.39, 0.29) is 12.4 Å². The molecule has 20 heavy (non-hydrogen) atoms. The van der Waals surface area contributed by atoms with E-state index in [0.29, 0.717) is 28.2 Å². The second-order valence-corrected chi connectivity index (χ2v) is 4.25. The Morgan fingerprint density at radius 1 is 1.45 bits per heavy atom. The predicted molar refractivity (Wildman–Crippen MR) is 71.5 cm³/mol. The molecule has 0 fully saturated rings. The Hall–Kier alpha value is -2.31. The maximum absolute atomic E-state index is 11.4. The predicted octanol–water partition coefficient (Wildman–Crippen LogP) is 1.93. The third-order valence-electron chi connectivity index (χ3n) is 2.56. The lowest BCUT2D eigenvalue weighted by atomic mass is 10.2. The summed E-state index contributed by atoms with van der Waals surface area (Å²) in [6.45, 7) is 0.0827. The average molecular weight is 295 g/mol. The number of aldehydes is 1. The maximum atomic E-state index is 11.4. The first-order chi connectivity index (χ1) is 9.65. The van der Waals surface area contributed by atoms with Crippen LogP contribution >= 0.6 is 11.6 Å². The van der Waals surface area contributed by atoms with Gasteiger partial charge in [-0.2, -0.15) is 0 Å². The molecule has 2 aromatic rings. The Morgan fingerprint density at radius 2 is 2.25 bits per heavy atom. The molecule has 0 atom stereocenters. The average Bonchev–Trinajstić information content (AvgIpc) is 2.93. The van der Waals surface area contributed by atoms with Gasteiger partial charge < -0.3 is 9.15 Å². The number of carbonyl (C=O) groups excluding carboxylic acids is 2. The van der Waals surface area contributed by atoms with Crippen LogP contribution in [0.2, 0.25) is 5.02 Å². The fourth-order valence-electron chi connectivity index (χ4n) is 1.58. The van der Waals surface area contributed by atoms with Crippen LogP contribution in [0.3, 0.4) is 0 Å². The largest absolute Gasteiger partial charge is 0.487 e. The number of amides is 1. The summed E-state index contributed by atoms with van der Waals surface area (Å²) >= 11 is 5.97. The molecule has 0 aliphatic carbocycles. The summed E-state index contributed by atoms with van der Waals surface area (Å²) in [5, 5.41) is 0.308. The van der Waals surface area contributed by atoms with Gasteiger partial charge in [0.25, 0.3) is 0 Å². The first kappa shape index (κ1) is 14.1. The van der Waals surface area contributed by atoms with E-state index in [2.05, 4.69) is 0 Å². The van der Waals surface area contributed by atoms with E-state index in [9.17, 15) is 9.59 Å². The van der Waals surface area contributed by atoms with Crippen molar-refractivity contribution < 1.29 is 18.7 Å². The normalized spacial score (nSPS) is 10.1. The lowest BCUT2D eigenvalue weighted by Gasteiger charge is -2.08. The summed E-state index contributed by atoms with van der Waals surface area (Å²) in [6, 6.07) is 6.25. The summed E-state index contributed by atoms with van der Waals surface area (Å²) < 4.78 is 10.5. The number of furan rings is 1. The van der Waals surface area contributed by atoms with Crippen LogP contribution in [0.1, 0.15) is 26.5 Å². The zero-order valence-corrected chi connectivity index (χ0v) is 11.0. The van der Waals surface area contributed by atoms with Crippen molar-refractivity contribution in [2.45, 2.75) is 6.61 Å². The van der Waals surface area contributed by atoms with Gasteiger partial charge in [-0.3, -0.25) is 15.0 Å². The van der Waals surface area contributed by atoms with E-state index in [1.807, 2.05) is 5.43 Å². The molecule has 104 valence electrons. The summed E-state index contributed by atoms with van der Waals surface area (Å²) in [5.41, 5.74) is 2.96. The van der Waals surface area contributed by atoms with E-state index >= 15 is 0 Å². The molecule has 0 saturated heterocycles. The molecular formula is C13H11ClN2O4. The molecule has 6 nitrogen and oxygen atoms in total. The first-order valence-corrected chi connectivity index (χ1v) is 5.98. The minimum absolute atomic E-state index is 0.0770. The van der Waals surface area contributed by atoms with Gasteiger partial charge in [0, 0.05) is 11.1 Å². The molecule has 0 radical (unpaired) electrons. The number of nitrogens with two attached hydrogens (primary N) is 1. The Kier molecular flexibility index (Phi) is 4.39. The third-order valence-corrected chi connectivity index (χ3v) is 2.85. The van der Waals surface area contributed by atoms with Crippen LogP contribution in [-0.4, -0.2) is 12.2 Å². The number of ether oxygens (including phenoxy) is 1. The van der Waals surface area contributed by atoms with Crippen molar-refractivity contribution in [3.05, 3.63) is 52.4 Å². The molecule has 0 spiro atoms. The molecule has 0 aliphatic rings. The zero-order valence-electron chi connectivity index (χ0n) is 10.3. The highest BCUT2D eigenvalue weighted by Crippen LogP contribution is 2.26. The minimum Gasteiger partial charge on any atom is -0.487 e. The quantitative estimate of drug-likeness (QED) is 0.380. The Bertz CT molecular complexity index is 639. The fraction of sp³-hybridized carbons (Fsp3) is 0.0769. The molecule has 0 bridgehead atoms. The molecule has 7 heteroatoms. The molecule has 0 unspecified atom stereocenters. The zero-order chi connectivity index (χ0) is 14.5. The van der Waals surface area contributed by atoms with Gasteiger partial charge in [-0.05, 0) is 24.3 Å². The van der Waals surface area contributed by atoms with Crippen LogP contribution in [0.5, 0.6) is 5.75 Å². The summed E-state index contributed by atoms with van der Waals surface area (Å²) in [7, 11) is 0. The van der Waals surface area contributed by atoms with Crippen molar-refractivity contribution in [1.29, 1.82) is 0 Å².